The maximum absolute atomic E-state index is 12.2. The number of anilines is 2. The first kappa shape index (κ1) is 12.5. The summed E-state index contributed by atoms with van der Waals surface area (Å²) in [7, 11) is 0. The van der Waals surface area contributed by atoms with Gasteiger partial charge in [0.25, 0.3) is 5.91 Å². The van der Waals surface area contributed by atoms with E-state index in [4.69, 9.17) is 17.3 Å². The maximum atomic E-state index is 12.2. The minimum Gasteiger partial charge on any atom is -0.397 e. The summed E-state index contributed by atoms with van der Waals surface area (Å²) in [5.74, 6) is 0.0135. The molecule has 0 saturated carbocycles. The topological polar surface area (TPSA) is 83.8 Å². The van der Waals surface area contributed by atoms with E-state index < -0.39 is 0 Å². The number of rotatable bonds is 2. The van der Waals surface area contributed by atoms with E-state index in [1.54, 1.807) is 18.2 Å². The summed E-state index contributed by atoms with van der Waals surface area (Å²) in [6.07, 6.45) is 0. The highest BCUT2D eigenvalue weighted by Crippen LogP contribution is 2.23. The average Bonchev–Trinajstić information content (AvgIpc) is 2.83. The van der Waals surface area contributed by atoms with Crippen molar-refractivity contribution in [2.45, 2.75) is 0 Å². The van der Waals surface area contributed by atoms with Crippen LogP contribution in [0.3, 0.4) is 0 Å². The van der Waals surface area contributed by atoms with Crippen molar-refractivity contribution in [2.75, 3.05) is 11.1 Å². The zero-order chi connectivity index (χ0) is 14.1. The van der Waals surface area contributed by atoms with Gasteiger partial charge in [-0.1, -0.05) is 29.8 Å². The zero-order valence-corrected chi connectivity index (χ0v) is 11.1. The minimum atomic E-state index is -0.357. The number of carbonyl (C=O) groups is 1. The smallest absolute Gasteiger partial charge is 0.260 e. The van der Waals surface area contributed by atoms with Crippen molar-refractivity contribution >= 4 is 40.2 Å². The Morgan fingerprint density at radius 1 is 1.20 bits per heavy atom. The number of benzene rings is 2. The van der Waals surface area contributed by atoms with Crippen LogP contribution in [0.25, 0.3) is 11.0 Å². The molecule has 3 rings (SSSR count). The molecule has 1 aromatic heterocycles. The van der Waals surface area contributed by atoms with Gasteiger partial charge in [0.2, 0.25) is 5.95 Å². The van der Waals surface area contributed by atoms with Crippen LogP contribution in [0.5, 0.6) is 0 Å². The third kappa shape index (κ3) is 2.19. The molecule has 4 N–H and O–H groups in total. The SMILES string of the molecule is Nc1c(Cl)cccc1C(=O)Nc1nc2ccccc2[nH]1. The van der Waals surface area contributed by atoms with E-state index in [-0.39, 0.29) is 11.6 Å². The van der Waals surface area contributed by atoms with Crippen molar-refractivity contribution in [3.63, 3.8) is 0 Å². The number of aromatic amines is 1. The molecule has 0 saturated heterocycles. The molecule has 5 nitrogen and oxygen atoms in total. The number of nitrogens with two attached hydrogens (primary N) is 1. The van der Waals surface area contributed by atoms with E-state index in [9.17, 15) is 4.79 Å². The van der Waals surface area contributed by atoms with Gasteiger partial charge in [-0.05, 0) is 24.3 Å². The Balaban J connectivity index is 1.90. The van der Waals surface area contributed by atoms with Crippen molar-refractivity contribution in [2.24, 2.45) is 0 Å². The van der Waals surface area contributed by atoms with Crippen LogP contribution in [-0.4, -0.2) is 15.9 Å². The summed E-state index contributed by atoms with van der Waals surface area (Å²) in [5, 5.41) is 3.02. The Hall–Kier alpha value is -2.53. The lowest BCUT2D eigenvalue weighted by Gasteiger charge is -2.06. The maximum Gasteiger partial charge on any atom is 0.260 e. The molecule has 0 unspecified atom stereocenters. The van der Waals surface area contributed by atoms with Crippen LogP contribution in [-0.2, 0) is 0 Å². The predicted molar refractivity (Wildman–Crippen MR) is 79.9 cm³/mol. The van der Waals surface area contributed by atoms with Crippen LogP contribution < -0.4 is 11.1 Å². The van der Waals surface area contributed by atoms with Gasteiger partial charge in [0.15, 0.2) is 0 Å². The summed E-state index contributed by atoms with van der Waals surface area (Å²) in [6.45, 7) is 0. The van der Waals surface area contributed by atoms with Crippen LogP contribution in [0.4, 0.5) is 11.6 Å². The number of H-pyrrole nitrogens is 1. The summed E-state index contributed by atoms with van der Waals surface area (Å²) in [4.78, 5) is 19.4. The fourth-order valence-corrected chi connectivity index (χ4v) is 2.10. The van der Waals surface area contributed by atoms with Crippen molar-refractivity contribution in [1.29, 1.82) is 0 Å². The van der Waals surface area contributed by atoms with Crippen LogP contribution in [0.1, 0.15) is 10.4 Å². The average molecular weight is 287 g/mol. The summed E-state index contributed by atoms with van der Waals surface area (Å²) < 4.78 is 0. The third-order valence-electron chi connectivity index (χ3n) is 2.92. The minimum absolute atomic E-state index is 0.253. The lowest BCUT2D eigenvalue weighted by atomic mass is 10.1. The Morgan fingerprint density at radius 2 is 2.00 bits per heavy atom. The zero-order valence-electron chi connectivity index (χ0n) is 10.4. The number of aromatic nitrogens is 2. The predicted octanol–water partition coefficient (Wildman–Crippen LogP) is 3.05. The molecule has 20 heavy (non-hydrogen) atoms. The summed E-state index contributed by atoms with van der Waals surface area (Å²) >= 11 is 5.90. The normalized spacial score (nSPS) is 10.7. The molecule has 3 aromatic rings. The highest BCUT2D eigenvalue weighted by molar-refractivity contribution is 6.34. The molecule has 0 bridgehead atoms. The molecule has 1 amide bonds. The van der Waals surface area contributed by atoms with Crippen LogP contribution in [0.2, 0.25) is 5.02 Å². The number of nitrogens with one attached hydrogen (secondary N) is 2. The van der Waals surface area contributed by atoms with E-state index in [2.05, 4.69) is 15.3 Å². The standard InChI is InChI=1S/C14H11ClN4O/c15-9-5-3-4-8(12(9)16)13(20)19-14-17-10-6-1-2-7-11(10)18-14/h1-7H,16H2,(H2,17,18,19,20). The number of hydrogen-bond acceptors (Lipinski definition) is 3. The molecule has 0 fully saturated rings. The molecule has 0 atom stereocenters. The van der Waals surface area contributed by atoms with Gasteiger partial charge in [0.1, 0.15) is 0 Å². The van der Waals surface area contributed by atoms with Crippen molar-refractivity contribution in [3.8, 4) is 0 Å². The Kier molecular flexibility index (Phi) is 3.04. The summed E-state index contributed by atoms with van der Waals surface area (Å²) in [6, 6.07) is 12.4. The molecule has 0 spiro atoms. The van der Waals surface area contributed by atoms with Gasteiger partial charge >= 0.3 is 0 Å². The van der Waals surface area contributed by atoms with E-state index in [1.165, 1.54) is 0 Å². The van der Waals surface area contributed by atoms with Gasteiger partial charge < -0.3 is 10.7 Å². The van der Waals surface area contributed by atoms with E-state index in [0.717, 1.165) is 11.0 Å². The van der Waals surface area contributed by atoms with Crippen molar-refractivity contribution in [3.05, 3.63) is 53.1 Å². The number of halogens is 1. The largest absolute Gasteiger partial charge is 0.397 e. The second-order valence-corrected chi connectivity index (χ2v) is 4.66. The Morgan fingerprint density at radius 3 is 2.80 bits per heavy atom. The second-order valence-electron chi connectivity index (χ2n) is 4.26. The number of nitrogen functional groups attached to an aromatic ring is 1. The molecule has 100 valence electrons. The number of nitrogens with zero attached hydrogens (tertiary/aromatic N) is 1. The van der Waals surface area contributed by atoms with Crippen LogP contribution >= 0.6 is 11.6 Å². The first-order valence-electron chi connectivity index (χ1n) is 5.95. The number of hydrogen-bond donors (Lipinski definition) is 3. The molecule has 0 aliphatic rings. The quantitative estimate of drug-likeness (QED) is 0.633. The highest BCUT2D eigenvalue weighted by Gasteiger charge is 2.13. The van der Waals surface area contributed by atoms with Crippen molar-refractivity contribution in [1.82, 2.24) is 9.97 Å². The molecule has 2 aromatic carbocycles. The third-order valence-corrected chi connectivity index (χ3v) is 3.25. The highest BCUT2D eigenvalue weighted by atomic mass is 35.5. The lowest BCUT2D eigenvalue weighted by molar-refractivity contribution is 0.102. The monoisotopic (exact) mass is 286 g/mol. The van der Waals surface area contributed by atoms with Crippen LogP contribution in [0.15, 0.2) is 42.5 Å². The first-order chi connectivity index (χ1) is 9.65. The van der Waals surface area contributed by atoms with Gasteiger partial charge in [-0.15, -0.1) is 0 Å². The van der Waals surface area contributed by atoms with Gasteiger partial charge in [0.05, 0.1) is 27.3 Å². The second kappa shape index (κ2) is 4.86. The molecular weight excluding hydrogens is 276 g/mol. The molecule has 1 heterocycles. The first-order valence-corrected chi connectivity index (χ1v) is 6.33. The fraction of sp³-hybridized carbons (Fsp3) is 0. The van der Waals surface area contributed by atoms with Gasteiger partial charge in [0, 0.05) is 0 Å². The molecular formula is C14H11ClN4O. The summed E-state index contributed by atoms with van der Waals surface area (Å²) in [5.41, 5.74) is 7.99. The number of carbonyl (C=O) groups excluding carboxylic acids is 1. The molecule has 0 aliphatic carbocycles. The number of fused-ring (bicyclic) bond motifs is 1. The fourth-order valence-electron chi connectivity index (χ4n) is 1.92. The van der Waals surface area contributed by atoms with Gasteiger partial charge in [-0.3, -0.25) is 10.1 Å². The number of para-hydroxylation sites is 3. The van der Waals surface area contributed by atoms with Gasteiger partial charge in [-0.2, -0.15) is 0 Å². The van der Waals surface area contributed by atoms with Gasteiger partial charge in [-0.25, -0.2) is 4.98 Å². The molecule has 0 aliphatic heterocycles. The van der Waals surface area contributed by atoms with Crippen molar-refractivity contribution < 1.29 is 4.79 Å². The van der Waals surface area contributed by atoms with E-state index in [0.29, 0.717) is 16.5 Å². The number of amides is 1. The Labute approximate surface area is 119 Å². The molecule has 0 radical (unpaired) electrons. The van der Waals surface area contributed by atoms with E-state index in [1.807, 2.05) is 24.3 Å². The lowest BCUT2D eigenvalue weighted by Crippen LogP contribution is -2.15. The molecule has 6 heteroatoms. The van der Waals surface area contributed by atoms with E-state index >= 15 is 0 Å². The Bertz CT molecular complexity index is 764. The van der Waals surface area contributed by atoms with Crippen LogP contribution in [0, 0.1) is 0 Å². The number of imidazole rings is 1.